The zero-order valence-corrected chi connectivity index (χ0v) is 6.73. The molecule has 0 aromatic rings. The highest BCUT2D eigenvalue weighted by molar-refractivity contribution is 8.03. The average molecular weight is 153 g/mol. The van der Waals surface area contributed by atoms with Crippen LogP contribution in [-0.2, 0) is 0 Å². The van der Waals surface area contributed by atoms with Crippen LogP contribution in [0.2, 0.25) is 0 Å². The third-order valence-corrected chi connectivity index (χ3v) is 2.98. The lowest BCUT2D eigenvalue weighted by atomic mass is 10.3. The van der Waals surface area contributed by atoms with E-state index in [4.69, 9.17) is 0 Å². The molecule has 0 unspecified atom stereocenters. The van der Waals surface area contributed by atoms with Crippen LogP contribution in [0.15, 0.2) is 23.4 Å². The second-order valence-corrected chi connectivity index (χ2v) is 3.67. The van der Waals surface area contributed by atoms with Crippen LogP contribution in [0, 0.1) is 0 Å². The Balaban J connectivity index is 2.13. The fraction of sp³-hybridized carbons (Fsp3) is 0.500. The standard InChI is InChI=1S/C8H11NS/c1-2-5-9-6-3-7-10-8(9)4-1/h2,4-5H,1,3,6-7H2. The van der Waals surface area contributed by atoms with Gasteiger partial charge in [0, 0.05) is 18.5 Å². The molecule has 0 saturated carbocycles. The number of hydrogen-bond acceptors (Lipinski definition) is 2. The lowest BCUT2D eigenvalue weighted by Gasteiger charge is -2.29. The molecule has 0 spiro atoms. The molecule has 0 amide bonds. The summed E-state index contributed by atoms with van der Waals surface area (Å²) in [5.41, 5.74) is 0. The highest BCUT2D eigenvalue weighted by atomic mass is 32.2. The van der Waals surface area contributed by atoms with E-state index in [1.165, 1.54) is 23.7 Å². The van der Waals surface area contributed by atoms with Crippen molar-refractivity contribution in [2.75, 3.05) is 12.3 Å². The molecule has 0 bridgehead atoms. The van der Waals surface area contributed by atoms with Crippen LogP contribution in [0.3, 0.4) is 0 Å². The third kappa shape index (κ3) is 1.08. The lowest BCUT2D eigenvalue weighted by Crippen LogP contribution is -2.22. The Hall–Kier alpha value is -0.370. The molecule has 2 heteroatoms. The SMILES string of the molecule is C1=CN2CCCSC2=CC1. The minimum atomic E-state index is 1.12. The van der Waals surface area contributed by atoms with Gasteiger partial charge in [0.15, 0.2) is 0 Å². The molecule has 1 saturated heterocycles. The van der Waals surface area contributed by atoms with Gasteiger partial charge in [-0.05, 0) is 12.8 Å². The van der Waals surface area contributed by atoms with Gasteiger partial charge in [-0.1, -0.05) is 12.2 Å². The molecule has 2 rings (SSSR count). The summed E-state index contributed by atoms with van der Waals surface area (Å²) in [6.07, 6.45) is 9.19. The van der Waals surface area contributed by atoms with Gasteiger partial charge in [0.05, 0.1) is 5.03 Å². The minimum absolute atomic E-state index is 1.12. The molecule has 1 fully saturated rings. The number of fused-ring (bicyclic) bond motifs is 1. The van der Waals surface area contributed by atoms with E-state index in [9.17, 15) is 0 Å². The second-order valence-electron chi connectivity index (χ2n) is 2.56. The highest BCUT2D eigenvalue weighted by Gasteiger charge is 2.13. The second kappa shape index (κ2) is 2.70. The van der Waals surface area contributed by atoms with E-state index >= 15 is 0 Å². The number of rotatable bonds is 0. The van der Waals surface area contributed by atoms with E-state index < -0.39 is 0 Å². The molecule has 0 aromatic carbocycles. The molecular formula is C8H11NS. The zero-order valence-electron chi connectivity index (χ0n) is 5.92. The summed E-state index contributed by atoms with van der Waals surface area (Å²) in [6.45, 7) is 1.22. The number of thioether (sulfide) groups is 1. The van der Waals surface area contributed by atoms with Gasteiger partial charge in [-0.15, -0.1) is 11.8 Å². The van der Waals surface area contributed by atoms with Gasteiger partial charge in [0.25, 0.3) is 0 Å². The summed E-state index contributed by atoms with van der Waals surface area (Å²) in [5, 5.41) is 1.47. The lowest BCUT2D eigenvalue weighted by molar-refractivity contribution is 0.474. The van der Waals surface area contributed by atoms with Crippen LogP contribution in [0.5, 0.6) is 0 Å². The number of hydrogen-bond donors (Lipinski definition) is 0. The van der Waals surface area contributed by atoms with Crippen molar-refractivity contribution in [1.29, 1.82) is 0 Å². The molecule has 0 radical (unpaired) electrons. The van der Waals surface area contributed by atoms with E-state index in [0.29, 0.717) is 0 Å². The normalized spacial score (nSPS) is 24.0. The van der Waals surface area contributed by atoms with Crippen molar-refractivity contribution in [3.63, 3.8) is 0 Å². The van der Waals surface area contributed by atoms with Crippen molar-refractivity contribution in [1.82, 2.24) is 4.90 Å². The molecule has 54 valence electrons. The Morgan fingerprint density at radius 3 is 3.40 bits per heavy atom. The molecular weight excluding hydrogens is 142 g/mol. The predicted molar refractivity (Wildman–Crippen MR) is 45.6 cm³/mol. The van der Waals surface area contributed by atoms with Gasteiger partial charge in [-0.25, -0.2) is 0 Å². The van der Waals surface area contributed by atoms with Crippen molar-refractivity contribution in [3.05, 3.63) is 23.4 Å². The fourth-order valence-corrected chi connectivity index (χ4v) is 2.30. The van der Waals surface area contributed by atoms with E-state index in [-0.39, 0.29) is 0 Å². The molecule has 2 aliphatic heterocycles. The number of nitrogens with zero attached hydrogens (tertiary/aromatic N) is 1. The van der Waals surface area contributed by atoms with Crippen LogP contribution in [0.25, 0.3) is 0 Å². The average Bonchev–Trinajstić information content (AvgIpc) is 2.05. The molecule has 2 aliphatic rings. The highest BCUT2D eigenvalue weighted by Crippen LogP contribution is 2.29. The monoisotopic (exact) mass is 153 g/mol. The van der Waals surface area contributed by atoms with Crippen LogP contribution < -0.4 is 0 Å². The molecule has 1 nitrogen and oxygen atoms in total. The molecule has 0 aromatic heterocycles. The van der Waals surface area contributed by atoms with Gasteiger partial charge in [0.2, 0.25) is 0 Å². The molecule has 0 N–H and O–H groups in total. The van der Waals surface area contributed by atoms with Crippen molar-refractivity contribution in [2.45, 2.75) is 12.8 Å². The van der Waals surface area contributed by atoms with Crippen LogP contribution in [-0.4, -0.2) is 17.2 Å². The maximum atomic E-state index is 2.34. The van der Waals surface area contributed by atoms with E-state index in [2.05, 4.69) is 23.3 Å². The summed E-state index contributed by atoms with van der Waals surface area (Å²) in [7, 11) is 0. The first kappa shape index (κ1) is 6.35. The largest absolute Gasteiger partial charge is 0.343 e. The van der Waals surface area contributed by atoms with E-state index in [0.717, 1.165) is 6.42 Å². The molecule has 2 heterocycles. The summed E-state index contributed by atoms with van der Waals surface area (Å²) in [6, 6.07) is 0. The van der Waals surface area contributed by atoms with Crippen LogP contribution >= 0.6 is 11.8 Å². The fourth-order valence-electron chi connectivity index (χ4n) is 1.29. The summed E-state index contributed by atoms with van der Waals surface area (Å²) in [5.74, 6) is 1.30. The predicted octanol–water partition coefficient (Wildman–Crippen LogP) is 2.18. The molecule has 10 heavy (non-hydrogen) atoms. The number of allylic oxidation sites excluding steroid dienone is 2. The van der Waals surface area contributed by atoms with E-state index in [1.807, 2.05) is 11.8 Å². The van der Waals surface area contributed by atoms with Crippen molar-refractivity contribution >= 4 is 11.8 Å². The Morgan fingerprint density at radius 2 is 2.50 bits per heavy atom. The summed E-state index contributed by atoms with van der Waals surface area (Å²) in [4.78, 5) is 2.34. The minimum Gasteiger partial charge on any atom is -0.343 e. The van der Waals surface area contributed by atoms with Crippen molar-refractivity contribution in [2.24, 2.45) is 0 Å². The van der Waals surface area contributed by atoms with Gasteiger partial charge < -0.3 is 4.90 Å². The molecule has 0 aliphatic carbocycles. The van der Waals surface area contributed by atoms with Crippen LogP contribution in [0.4, 0.5) is 0 Å². The van der Waals surface area contributed by atoms with E-state index in [1.54, 1.807) is 0 Å². The maximum Gasteiger partial charge on any atom is 0.0709 e. The van der Waals surface area contributed by atoms with Crippen LogP contribution in [0.1, 0.15) is 12.8 Å². The first-order valence-electron chi connectivity index (χ1n) is 3.73. The maximum absolute atomic E-state index is 2.34. The van der Waals surface area contributed by atoms with Gasteiger partial charge >= 0.3 is 0 Å². The summed E-state index contributed by atoms with van der Waals surface area (Å²) >= 11 is 1.98. The van der Waals surface area contributed by atoms with Crippen molar-refractivity contribution < 1.29 is 0 Å². The van der Waals surface area contributed by atoms with Gasteiger partial charge in [-0.3, -0.25) is 0 Å². The zero-order chi connectivity index (χ0) is 6.81. The summed E-state index contributed by atoms with van der Waals surface area (Å²) < 4.78 is 0. The van der Waals surface area contributed by atoms with Crippen molar-refractivity contribution in [3.8, 4) is 0 Å². The Kier molecular flexibility index (Phi) is 1.72. The Morgan fingerprint density at radius 1 is 1.50 bits per heavy atom. The van der Waals surface area contributed by atoms with Gasteiger partial charge in [0.1, 0.15) is 0 Å². The first-order chi connectivity index (χ1) is 4.97. The Bertz CT molecular complexity index is 184. The third-order valence-electron chi connectivity index (χ3n) is 1.79. The van der Waals surface area contributed by atoms with Gasteiger partial charge in [-0.2, -0.15) is 0 Å². The quantitative estimate of drug-likeness (QED) is 0.525. The Labute approximate surface area is 65.8 Å². The first-order valence-corrected chi connectivity index (χ1v) is 4.71. The molecule has 0 atom stereocenters. The topological polar surface area (TPSA) is 3.24 Å². The smallest absolute Gasteiger partial charge is 0.0709 e.